The third kappa shape index (κ3) is 2.58. The average Bonchev–Trinajstić information content (AvgIpc) is 2.18. The van der Waals surface area contributed by atoms with Crippen LogP contribution in [0.1, 0.15) is 33.1 Å². The summed E-state index contributed by atoms with van der Waals surface area (Å²) in [6.07, 6.45) is 12.7. The second-order valence-corrected chi connectivity index (χ2v) is 3.72. The highest BCUT2D eigenvalue weighted by Gasteiger charge is 2.16. The molecule has 13 heavy (non-hydrogen) atoms. The highest BCUT2D eigenvalue weighted by molar-refractivity contribution is 5.27. The molecule has 0 nitrogen and oxygen atoms in total. The zero-order chi connectivity index (χ0) is 9.68. The van der Waals surface area contributed by atoms with Crippen molar-refractivity contribution >= 4 is 0 Å². The van der Waals surface area contributed by atoms with Crippen LogP contribution in [0, 0.1) is 11.8 Å². The Morgan fingerprint density at radius 2 is 2.23 bits per heavy atom. The number of rotatable bonds is 4. The molecule has 0 heterocycles. The summed E-state index contributed by atoms with van der Waals surface area (Å²) in [4.78, 5) is 0. The van der Waals surface area contributed by atoms with Crippen molar-refractivity contribution in [3.8, 4) is 0 Å². The van der Waals surface area contributed by atoms with Crippen molar-refractivity contribution in [3.05, 3.63) is 36.5 Å². The van der Waals surface area contributed by atoms with Crippen LogP contribution in [0.4, 0.5) is 0 Å². The molecule has 0 aromatic rings. The van der Waals surface area contributed by atoms with Gasteiger partial charge in [-0.15, -0.1) is 6.58 Å². The maximum Gasteiger partial charge on any atom is 0.00101 e. The van der Waals surface area contributed by atoms with Crippen molar-refractivity contribution in [3.63, 3.8) is 0 Å². The molecule has 2 unspecified atom stereocenters. The lowest BCUT2D eigenvalue weighted by atomic mass is 9.82. The Morgan fingerprint density at radius 3 is 2.77 bits per heavy atom. The van der Waals surface area contributed by atoms with E-state index in [2.05, 4.69) is 44.7 Å². The van der Waals surface area contributed by atoms with Crippen LogP contribution in [0.25, 0.3) is 0 Å². The molecule has 2 atom stereocenters. The van der Waals surface area contributed by atoms with Gasteiger partial charge in [-0.3, -0.25) is 0 Å². The number of hydrogen-bond acceptors (Lipinski definition) is 0. The van der Waals surface area contributed by atoms with Gasteiger partial charge in [0.25, 0.3) is 0 Å². The molecule has 0 saturated carbocycles. The molecule has 0 radical (unpaired) electrons. The first-order valence-electron chi connectivity index (χ1n) is 5.33. The fourth-order valence-corrected chi connectivity index (χ4v) is 1.92. The SMILES string of the molecule is C=CC1C=CC(CC)=CC1CCC. The van der Waals surface area contributed by atoms with E-state index >= 15 is 0 Å². The molecule has 72 valence electrons. The topological polar surface area (TPSA) is 0 Å². The number of hydrogen-bond donors (Lipinski definition) is 0. The van der Waals surface area contributed by atoms with Gasteiger partial charge in [0, 0.05) is 5.92 Å². The van der Waals surface area contributed by atoms with Crippen molar-refractivity contribution in [2.75, 3.05) is 0 Å². The van der Waals surface area contributed by atoms with Crippen LogP contribution in [-0.4, -0.2) is 0 Å². The van der Waals surface area contributed by atoms with Crippen LogP contribution >= 0.6 is 0 Å². The Balaban J connectivity index is 2.69. The quantitative estimate of drug-likeness (QED) is 0.565. The fourth-order valence-electron chi connectivity index (χ4n) is 1.92. The summed E-state index contributed by atoms with van der Waals surface area (Å²) in [5.74, 6) is 1.26. The maximum absolute atomic E-state index is 3.89. The van der Waals surface area contributed by atoms with Crippen molar-refractivity contribution in [2.24, 2.45) is 11.8 Å². The molecule has 0 amide bonds. The summed E-state index contributed by atoms with van der Waals surface area (Å²) in [6.45, 7) is 8.35. The lowest BCUT2D eigenvalue weighted by Crippen LogP contribution is -2.11. The molecular weight excluding hydrogens is 156 g/mol. The molecule has 0 fully saturated rings. The molecule has 0 saturated heterocycles. The molecule has 0 bridgehead atoms. The Kier molecular flexibility index (Phi) is 4.01. The molecule has 1 aliphatic carbocycles. The molecule has 1 rings (SSSR count). The lowest BCUT2D eigenvalue weighted by Gasteiger charge is -2.22. The Hall–Kier alpha value is -0.780. The largest absolute Gasteiger partial charge is 0.102 e. The van der Waals surface area contributed by atoms with Gasteiger partial charge in [-0.25, -0.2) is 0 Å². The summed E-state index contributed by atoms with van der Waals surface area (Å²) in [6, 6.07) is 0. The molecule has 0 heteroatoms. The summed E-state index contributed by atoms with van der Waals surface area (Å²) in [5.41, 5.74) is 1.48. The minimum Gasteiger partial charge on any atom is -0.102 e. The second-order valence-electron chi connectivity index (χ2n) is 3.72. The van der Waals surface area contributed by atoms with Gasteiger partial charge in [-0.1, -0.05) is 50.1 Å². The second kappa shape index (κ2) is 5.06. The first kappa shape index (κ1) is 10.3. The standard InChI is InChI=1S/C13H20/c1-4-7-13-10-11(5-2)8-9-12(13)6-3/h6,8-10,12-13H,3-5,7H2,1-2H3. The van der Waals surface area contributed by atoms with Crippen LogP contribution in [0.3, 0.4) is 0 Å². The smallest absolute Gasteiger partial charge is 0.00101 e. The molecule has 0 aromatic heterocycles. The normalized spacial score (nSPS) is 27.1. The molecule has 0 N–H and O–H groups in total. The van der Waals surface area contributed by atoms with Crippen LogP contribution in [0.2, 0.25) is 0 Å². The zero-order valence-corrected chi connectivity index (χ0v) is 8.79. The Morgan fingerprint density at radius 1 is 1.46 bits per heavy atom. The van der Waals surface area contributed by atoms with Crippen molar-refractivity contribution in [2.45, 2.75) is 33.1 Å². The van der Waals surface area contributed by atoms with E-state index < -0.39 is 0 Å². The summed E-state index contributed by atoms with van der Waals surface area (Å²) >= 11 is 0. The van der Waals surface area contributed by atoms with Crippen LogP contribution < -0.4 is 0 Å². The predicted octanol–water partition coefficient (Wildman–Crippen LogP) is 4.11. The average molecular weight is 176 g/mol. The van der Waals surface area contributed by atoms with Gasteiger partial charge < -0.3 is 0 Å². The van der Waals surface area contributed by atoms with Crippen LogP contribution in [0.15, 0.2) is 36.5 Å². The van der Waals surface area contributed by atoms with Gasteiger partial charge in [0.1, 0.15) is 0 Å². The third-order valence-electron chi connectivity index (χ3n) is 2.76. The van der Waals surface area contributed by atoms with Crippen LogP contribution in [-0.2, 0) is 0 Å². The minimum atomic E-state index is 0.565. The van der Waals surface area contributed by atoms with Crippen LogP contribution in [0.5, 0.6) is 0 Å². The highest BCUT2D eigenvalue weighted by atomic mass is 14.2. The molecular formula is C13H20. The fraction of sp³-hybridized carbons (Fsp3) is 0.538. The van der Waals surface area contributed by atoms with E-state index in [4.69, 9.17) is 0 Å². The summed E-state index contributed by atoms with van der Waals surface area (Å²) in [7, 11) is 0. The minimum absolute atomic E-state index is 0.565. The van der Waals surface area contributed by atoms with Gasteiger partial charge >= 0.3 is 0 Å². The highest BCUT2D eigenvalue weighted by Crippen LogP contribution is 2.28. The molecule has 1 aliphatic rings. The van der Waals surface area contributed by atoms with Crippen molar-refractivity contribution < 1.29 is 0 Å². The van der Waals surface area contributed by atoms with E-state index in [1.807, 2.05) is 0 Å². The van der Waals surface area contributed by atoms with Crippen molar-refractivity contribution in [1.29, 1.82) is 0 Å². The van der Waals surface area contributed by atoms with E-state index in [1.54, 1.807) is 0 Å². The van der Waals surface area contributed by atoms with Gasteiger partial charge in [0.2, 0.25) is 0 Å². The monoisotopic (exact) mass is 176 g/mol. The third-order valence-corrected chi connectivity index (χ3v) is 2.76. The van der Waals surface area contributed by atoms with E-state index in [1.165, 1.54) is 18.4 Å². The first-order chi connectivity index (χ1) is 6.31. The number of allylic oxidation sites excluding steroid dienone is 5. The van der Waals surface area contributed by atoms with Gasteiger partial charge in [0.15, 0.2) is 0 Å². The Labute approximate surface area is 82.0 Å². The summed E-state index contributed by atoms with van der Waals surface area (Å²) in [5, 5.41) is 0. The summed E-state index contributed by atoms with van der Waals surface area (Å²) < 4.78 is 0. The molecule has 0 spiro atoms. The van der Waals surface area contributed by atoms with E-state index in [-0.39, 0.29) is 0 Å². The zero-order valence-electron chi connectivity index (χ0n) is 8.79. The molecule has 0 aliphatic heterocycles. The van der Waals surface area contributed by atoms with E-state index in [0.29, 0.717) is 11.8 Å². The predicted molar refractivity (Wildman–Crippen MR) is 59.6 cm³/mol. The first-order valence-corrected chi connectivity index (χ1v) is 5.33. The molecule has 0 aromatic carbocycles. The Bertz CT molecular complexity index is 220. The lowest BCUT2D eigenvalue weighted by molar-refractivity contribution is 0.498. The van der Waals surface area contributed by atoms with E-state index in [9.17, 15) is 0 Å². The van der Waals surface area contributed by atoms with E-state index in [0.717, 1.165) is 6.42 Å². The van der Waals surface area contributed by atoms with Gasteiger partial charge in [-0.2, -0.15) is 0 Å². The van der Waals surface area contributed by atoms with Crippen molar-refractivity contribution in [1.82, 2.24) is 0 Å². The maximum atomic E-state index is 3.89. The van der Waals surface area contributed by atoms with Gasteiger partial charge in [0.05, 0.1) is 0 Å². The van der Waals surface area contributed by atoms with Gasteiger partial charge in [-0.05, 0) is 18.8 Å².